The quantitative estimate of drug-likeness (QED) is 0.382. The second kappa shape index (κ2) is 3.88. The number of rotatable bonds is 1. The Morgan fingerprint density at radius 3 is 2.88 bits per heavy atom. The fourth-order valence-corrected chi connectivity index (χ4v) is 0.192. The molecule has 0 rings (SSSR count). The molecule has 8 heavy (non-hydrogen) atoms. The highest BCUT2D eigenvalue weighted by molar-refractivity contribution is 5.72. The van der Waals surface area contributed by atoms with Gasteiger partial charge in [0.1, 0.15) is 11.8 Å². The van der Waals surface area contributed by atoms with Gasteiger partial charge in [0.25, 0.3) is 0 Å². The second-order valence-corrected chi connectivity index (χ2v) is 1.14. The summed E-state index contributed by atoms with van der Waals surface area (Å²) in [5, 5.41) is 8.06. The topological polar surface area (TPSA) is 62.2 Å². The minimum Gasteiger partial charge on any atom is -0.390 e. The molecule has 0 saturated heterocycles. The maximum absolute atomic E-state index is 8.06. The van der Waals surface area contributed by atoms with Crippen molar-refractivity contribution in [3.63, 3.8) is 0 Å². The summed E-state index contributed by atoms with van der Waals surface area (Å²) in [6, 6.07) is 1.75. The van der Waals surface area contributed by atoms with Crippen molar-refractivity contribution in [2.45, 2.75) is 0 Å². The third-order valence-corrected chi connectivity index (χ3v) is 0.532. The van der Waals surface area contributed by atoms with Crippen LogP contribution in [-0.4, -0.2) is 13.3 Å². The number of hydrogen-bond acceptors (Lipinski definition) is 3. The molecule has 42 valence electrons. The molecule has 0 spiro atoms. The predicted molar refractivity (Wildman–Crippen MR) is 32.3 cm³/mol. The average Bonchev–Trinajstić information content (AvgIpc) is 1.83. The van der Waals surface area contributed by atoms with E-state index in [4.69, 9.17) is 11.0 Å². The molecule has 3 nitrogen and oxygen atoms in total. The Hall–Kier alpha value is -1.30. The van der Waals surface area contributed by atoms with E-state index in [0.717, 1.165) is 0 Å². The fraction of sp³-hybridized carbons (Fsp3) is 0.200. The lowest BCUT2D eigenvalue weighted by molar-refractivity contribution is 1.39. The number of allylic oxidation sites excluding steroid dienone is 2. The fourth-order valence-electron chi connectivity index (χ4n) is 0.192. The van der Waals surface area contributed by atoms with Gasteiger partial charge in [-0.15, -0.1) is 0 Å². The molecule has 0 aliphatic rings. The van der Waals surface area contributed by atoms with Gasteiger partial charge in [-0.05, 0) is 6.08 Å². The first-order valence-corrected chi connectivity index (χ1v) is 2.09. The molecule has 0 aromatic heterocycles. The number of nitriles is 1. The van der Waals surface area contributed by atoms with E-state index in [1.807, 2.05) is 0 Å². The zero-order valence-corrected chi connectivity index (χ0v) is 4.63. The summed E-state index contributed by atoms with van der Waals surface area (Å²) in [5.41, 5.74) is 5.24. The monoisotopic (exact) mass is 109 g/mol. The first-order valence-electron chi connectivity index (χ1n) is 2.09. The highest BCUT2D eigenvalue weighted by atomic mass is 14.6. The van der Waals surface area contributed by atoms with Gasteiger partial charge in [0, 0.05) is 13.3 Å². The van der Waals surface area contributed by atoms with Gasteiger partial charge in [0.15, 0.2) is 0 Å². The molecule has 0 bridgehead atoms. The van der Waals surface area contributed by atoms with Gasteiger partial charge in [-0.25, -0.2) is 0 Å². The minimum atomic E-state index is 0.176. The standard InChI is InChI=1S/C5H7N3/c1-8-3-2-5(7)4-6/h2-3H,7H2,1H3. The van der Waals surface area contributed by atoms with Crippen molar-refractivity contribution in [3.8, 4) is 6.07 Å². The van der Waals surface area contributed by atoms with Crippen LogP contribution in [0.5, 0.6) is 0 Å². The van der Waals surface area contributed by atoms with Crippen LogP contribution in [-0.2, 0) is 0 Å². The normalized spacial score (nSPS) is 11.8. The summed E-state index contributed by atoms with van der Waals surface area (Å²) in [6.07, 6.45) is 2.92. The van der Waals surface area contributed by atoms with Gasteiger partial charge in [-0.1, -0.05) is 0 Å². The molecule has 0 aromatic carbocycles. The third-order valence-electron chi connectivity index (χ3n) is 0.532. The second-order valence-electron chi connectivity index (χ2n) is 1.14. The van der Waals surface area contributed by atoms with Crippen LogP contribution in [0.2, 0.25) is 0 Å². The first kappa shape index (κ1) is 6.70. The van der Waals surface area contributed by atoms with Gasteiger partial charge in [0.05, 0.1) is 0 Å². The van der Waals surface area contributed by atoms with Crippen molar-refractivity contribution in [2.24, 2.45) is 10.7 Å². The molecule has 0 unspecified atom stereocenters. The van der Waals surface area contributed by atoms with Crippen molar-refractivity contribution < 1.29 is 0 Å². The SMILES string of the molecule is CN=CC=C(N)C#N. The van der Waals surface area contributed by atoms with E-state index < -0.39 is 0 Å². The summed E-state index contributed by atoms with van der Waals surface area (Å²) in [4.78, 5) is 3.59. The van der Waals surface area contributed by atoms with E-state index in [2.05, 4.69) is 4.99 Å². The van der Waals surface area contributed by atoms with Gasteiger partial charge >= 0.3 is 0 Å². The molecule has 2 N–H and O–H groups in total. The molecular formula is C5H7N3. The summed E-state index contributed by atoms with van der Waals surface area (Å²) >= 11 is 0. The molecule has 0 aliphatic heterocycles. The first-order chi connectivity index (χ1) is 3.81. The van der Waals surface area contributed by atoms with Crippen molar-refractivity contribution in [2.75, 3.05) is 7.05 Å². The summed E-state index contributed by atoms with van der Waals surface area (Å²) in [5.74, 6) is 0. The maximum Gasteiger partial charge on any atom is 0.117 e. The number of nitrogens with zero attached hydrogens (tertiary/aromatic N) is 2. The Morgan fingerprint density at radius 2 is 2.50 bits per heavy atom. The zero-order chi connectivity index (χ0) is 6.41. The Labute approximate surface area is 48.1 Å². The number of hydrogen-bond donors (Lipinski definition) is 1. The van der Waals surface area contributed by atoms with Crippen LogP contribution in [0.1, 0.15) is 0 Å². The lowest BCUT2D eigenvalue weighted by Crippen LogP contribution is -1.91. The van der Waals surface area contributed by atoms with E-state index in [9.17, 15) is 0 Å². The Kier molecular flexibility index (Phi) is 3.25. The van der Waals surface area contributed by atoms with Gasteiger partial charge in [0.2, 0.25) is 0 Å². The largest absolute Gasteiger partial charge is 0.390 e. The molecule has 0 saturated carbocycles. The third kappa shape index (κ3) is 2.91. The summed E-state index contributed by atoms with van der Waals surface area (Å²) < 4.78 is 0. The summed E-state index contributed by atoms with van der Waals surface area (Å²) in [6.45, 7) is 0. The van der Waals surface area contributed by atoms with Crippen LogP contribution in [0.15, 0.2) is 16.8 Å². The van der Waals surface area contributed by atoms with E-state index in [0.29, 0.717) is 0 Å². The Bertz CT molecular complexity index is 150. The van der Waals surface area contributed by atoms with Gasteiger partial charge < -0.3 is 5.73 Å². The van der Waals surface area contributed by atoms with E-state index >= 15 is 0 Å². The number of aliphatic imine (C=N–C) groups is 1. The highest BCUT2D eigenvalue weighted by Gasteiger charge is 1.75. The lowest BCUT2D eigenvalue weighted by Gasteiger charge is -1.76. The average molecular weight is 109 g/mol. The predicted octanol–water partition coefficient (Wildman–Crippen LogP) is 0.0532. The van der Waals surface area contributed by atoms with E-state index in [1.165, 1.54) is 12.3 Å². The van der Waals surface area contributed by atoms with Crippen LogP contribution in [0.4, 0.5) is 0 Å². The van der Waals surface area contributed by atoms with Crippen LogP contribution in [0, 0.1) is 11.3 Å². The highest BCUT2D eigenvalue weighted by Crippen LogP contribution is 1.73. The molecule has 0 radical (unpaired) electrons. The van der Waals surface area contributed by atoms with Crippen LogP contribution in [0.3, 0.4) is 0 Å². The molecule has 0 heterocycles. The van der Waals surface area contributed by atoms with Crippen molar-refractivity contribution in [3.05, 3.63) is 11.8 Å². The molecular weight excluding hydrogens is 102 g/mol. The maximum atomic E-state index is 8.06. The van der Waals surface area contributed by atoms with Crippen molar-refractivity contribution in [1.29, 1.82) is 5.26 Å². The molecule has 0 fully saturated rings. The molecule has 0 atom stereocenters. The van der Waals surface area contributed by atoms with Crippen LogP contribution in [0.25, 0.3) is 0 Å². The lowest BCUT2D eigenvalue weighted by atomic mass is 10.5. The molecule has 0 aromatic rings. The van der Waals surface area contributed by atoms with Crippen LogP contribution < -0.4 is 5.73 Å². The molecule has 0 amide bonds. The number of nitrogens with two attached hydrogens (primary N) is 1. The van der Waals surface area contributed by atoms with E-state index in [1.54, 1.807) is 13.1 Å². The smallest absolute Gasteiger partial charge is 0.117 e. The van der Waals surface area contributed by atoms with Gasteiger partial charge in [-0.3, -0.25) is 4.99 Å². The summed E-state index contributed by atoms with van der Waals surface area (Å²) in [7, 11) is 1.61. The zero-order valence-electron chi connectivity index (χ0n) is 4.63. The minimum absolute atomic E-state index is 0.176. The van der Waals surface area contributed by atoms with Crippen LogP contribution >= 0.6 is 0 Å². The molecule has 0 aliphatic carbocycles. The van der Waals surface area contributed by atoms with Crippen molar-refractivity contribution >= 4 is 6.21 Å². The Balaban J connectivity index is 3.81. The Morgan fingerprint density at radius 1 is 1.88 bits per heavy atom. The van der Waals surface area contributed by atoms with Crippen molar-refractivity contribution in [1.82, 2.24) is 0 Å². The van der Waals surface area contributed by atoms with E-state index in [-0.39, 0.29) is 5.70 Å². The van der Waals surface area contributed by atoms with Gasteiger partial charge in [-0.2, -0.15) is 5.26 Å². The molecule has 3 heteroatoms.